The van der Waals surface area contributed by atoms with Crippen molar-refractivity contribution >= 4 is 63.5 Å². The Hall–Kier alpha value is -5.44. The van der Waals surface area contributed by atoms with Crippen LogP contribution in [0.5, 0.6) is 0 Å². The van der Waals surface area contributed by atoms with Crippen LogP contribution < -0.4 is 10.6 Å². The van der Waals surface area contributed by atoms with Crippen molar-refractivity contribution in [2.45, 2.75) is 22.6 Å². The molecule has 5 aromatic rings. The first-order valence-electron chi connectivity index (χ1n) is 15.8. The Labute approximate surface area is 305 Å². The second-order valence-electron chi connectivity index (χ2n) is 11.4. The summed E-state index contributed by atoms with van der Waals surface area (Å²) in [6.45, 7) is 0. The van der Waals surface area contributed by atoms with E-state index in [1.54, 1.807) is 29.8 Å². The lowest BCUT2D eigenvalue weighted by Crippen LogP contribution is -2.72. The van der Waals surface area contributed by atoms with Crippen LogP contribution in [0.1, 0.15) is 22.4 Å². The summed E-state index contributed by atoms with van der Waals surface area (Å²) in [5, 5.41) is 23.3. The molecule has 1 fully saturated rings. The molecule has 3 aromatic carbocycles. The Morgan fingerprint density at radius 3 is 2.10 bits per heavy atom. The third kappa shape index (κ3) is 6.60. The molecule has 14 heteroatoms. The van der Waals surface area contributed by atoms with Gasteiger partial charge in [-0.1, -0.05) is 114 Å². The van der Waals surface area contributed by atoms with Crippen molar-refractivity contribution in [3.63, 3.8) is 0 Å². The van der Waals surface area contributed by atoms with Crippen LogP contribution in [0.25, 0.3) is 0 Å². The average Bonchev–Trinajstić information content (AvgIpc) is 3.64. The number of benzene rings is 3. The molecular weight excluding hydrogens is 705 g/mol. The van der Waals surface area contributed by atoms with Gasteiger partial charge in [-0.25, -0.2) is 14.8 Å². The first-order chi connectivity index (χ1) is 24.9. The molecule has 1 saturated heterocycles. The normalized spacial score (nSPS) is 17.3. The molecule has 0 aliphatic carbocycles. The number of anilines is 1. The van der Waals surface area contributed by atoms with E-state index in [-0.39, 0.29) is 17.1 Å². The highest BCUT2D eigenvalue weighted by Crippen LogP contribution is 2.46. The van der Waals surface area contributed by atoms with Crippen LogP contribution in [-0.2, 0) is 24.8 Å². The summed E-state index contributed by atoms with van der Waals surface area (Å²) in [7, 11) is 1.32. The fraction of sp³-hybridized carbons (Fsp3) is 0.135. The Balaban J connectivity index is 1.15. The van der Waals surface area contributed by atoms with Crippen molar-refractivity contribution < 1.29 is 24.3 Å². The van der Waals surface area contributed by atoms with Crippen LogP contribution in [0, 0.1) is 0 Å². The maximum Gasteiger partial charge on any atom is 0.354 e. The molecule has 2 aliphatic heterocycles. The monoisotopic (exact) mass is 734 g/mol. The molecule has 256 valence electrons. The number of thiazole rings is 1. The number of nitrogens with zero attached hydrogens (tertiary/aromatic N) is 4. The molecule has 0 bridgehead atoms. The van der Waals surface area contributed by atoms with Gasteiger partial charge in [-0.2, -0.15) is 0 Å². The minimum Gasteiger partial charge on any atom is -0.477 e. The molecule has 0 saturated carbocycles. The van der Waals surface area contributed by atoms with Gasteiger partial charge in [0.2, 0.25) is 0 Å². The second-order valence-corrected chi connectivity index (χ2v) is 14.6. The Morgan fingerprint density at radius 1 is 0.941 bits per heavy atom. The fourth-order valence-electron chi connectivity index (χ4n) is 6.13. The van der Waals surface area contributed by atoms with E-state index in [4.69, 9.17) is 9.82 Å². The van der Waals surface area contributed by atoms with Gasteiger partial charge >= 0.3 is 5.97 Å². The van der Waals surface area contributed by atoms with Crippen molar-refractivity contribution in [1.29, 1.82) is 0 Å². The van der Waals surface area contributed by atoms with Gasteiger partial charge in [-0.15, -0.1) is 23.1 Å². The van der Waals surface area contributed by atoms with Gasteiger partial charge in [-0.3, -0.25) is 14.5 Å². The van der Waals surface area contributed by atoms with Gasteiger partial charge in [-0.05, 0) is 28.8 Å². The molecule has 11 nitrogen and oxygen atoms in total. The van der Waals surface area contributed by atoms with Gasteiger partial charge < -0.3 is 20.6 Å². The standard InChI is InChI=1S/C37H30N6O5S3/c1-48-42-29(32(44)40-30-27-22-49-35(51-28-19-11-12-20-38-28)31(34(46)47)43(27)33(30)45)26-21-50-36(39-26)41-37(23-13-5-2-6-14-23,24-15-7-3-8-16-24)25-17-9-4-10-18-25/h2-21,27,30H,22H2,1H3,(H,39,41)(H,40,44)(H,46,47). The van der Waals surface area contributed by atoms with Crippen molar-refractivity contribution in [3.05, 3.63) is 153 Å². The summed E-state index contributed by atoms with van der Waals surface area (Å²) in [6.07, 6.45) is 1.62. The Kier molecular flexibility index (Phi) is 9.88. The van der Waals surface area contributed by atoms with Crippen LogP contribution in [0.3, 0.4) is 0 Å². The van der Waals surface area contributed by atoms with Crippen molar-refractivity contribution in [3.8, 4) is 0 Å². The molecule has 0 spiro atoms. The number of carboxylic acids is 1. The van der Waals surface area contributed by atoms with Crippen LogP contribution in [-0.4, -0.2) is 68.4 Å². The van der Waals surface area contributed by atoms with Gasteiger partial charge in [0.1, 0.15) is 29.4 Å². The number of carbonyl (C=O) groups excluding carboxylic acids is 2. The van der Waals surface area contributed by atoms with Crippen LogP contribution >= 0.6 is 34.9 Å². The summed E-state index contributed by atoms with van der Waals surface area (Å²) < 4.78 is 0.456. The Morgan fingerprint density at radius 2 is 1.55 bits per heavy atom. The lowest BCUT2D eigenvalue weighted by atomic mass is 9.77. The Bertz CT molecular complexity index is 2020. The van der Waals surface area contributed by atoms with Crippen molar-refractivity contribution in [1.82, 2.24) is 20.2 Å². The largest absolute Gasteiger partial charge is 0.477 e. The number of nitrogens with one attached hydrogen (secondary N) is 2. The number of thioether (sulfide) groups is 2. The maximum atomic E-state index is 13.7. The lowest BCUT2D eigenvalue weighted by Gasteiger charge is -2.49. The molecule has 2 atom stereocenters. The average molecular weight is 735 g/mol. The number of oxime groups is 1. The summed E-state index contributed by atoms with van der Waals surface area (Å²) in [4.78, 5) is 54.8. The number of aliphatic carboxylic acids is 1. The molecule has 2 unspecified atom stereocenters. The summed E-state index contributed by atoms with van der Waals surface area (Å²) in [6, 6.07) is 34.0. The van der Waals surface area contributed by atoms with Crippen LogP contribution in [0.2, 0.25) is 0 Å². The zero-order chi connectivity index (χ0) is 35.4. The molecular formula is C37H30N6O5S3. The first-order valence-corrected chi connectivity index (χ1v) is 18.4. The molecule has 2 aromatic heterocycles. The number of hydrogen-bond donors (Lipinski definition) is 3. The molecule has 2 aliphatic rings. The van der Waals surface area contributed by atoms with E-state index in [2.05, 4.69) is 57.2 Å². The van der Waals surface area contributed by atoms with E-state index in [0.717, 1.165) is 16.7 Å². The maximum absolute atomic E-state index is 13.7. The highest BCUT2D eigenvalue weighted by Gasteiger charge is 2.54. The number of amides is 2. The van der Waals surface area contributed by atoms with Gasteiger partial charge in [0.15, 0.2) is 16.5 Å². The predicted octanol–water partition coefficient (Wildman–Crippen LogP) is 5.78. The fourth-order valence-corrected chi connectivity index (χ4v) is 9.30. The van der Waals surface area contributed by atoms with Crippen molar-refractivity contribution in [2.75, 3.05) is 18.2 Å². The number of hydrogen-bond acceptors (Lipinski definition) is 11. The zero-order valence-corrected chi connectivity index (χ0v) is 29.5. The van der Waals surface area contributed by atoms with E-state index >= 15 is 0 Å². The highest BCUT2D eigenvalue weighted by molar-refractivity contribution is 8.22. The molecule has 2 amide bonds. The number of fused-ring (bicyclic) bond motifs is 1. The predicted molar refractivity (Wildman–Crippen MR) is 198 cm³/mol. The van der Waals surface area contributed by atoms with Gasteiger partial charge in [0.05, 0.1) is 10.3 Å². The number of aromatic nitrogens is 2. The quantitative estimate of drug-likeness (QED) is 0.0624. The number of carbonyl (C=O) groups is 3. The zero-order valence-electron chi connectivity index (χ0n) is 27.0. The van der Waals surface area contributed by atoms with E-state index < -0.39 is 35.4 Å². The summed E-state index contributed by atoms with van der Waals surface area (Å²) in [5.41, 5.74) is 2.10. The second kappa shape index (κ2) is 14.8. The molecule has 51 heavy (non-hydrogen) atoms. The minimum absolute atomic E-state index is 0.123. The van der Waals surface area contributed by atoms with E-state index in [9.17, 15) is 19.5 Å². The van der Waals surface area contributed by atoms with E-state index in [1.807, 2.05) is 54.6 Å². The topological polar surface area (TPSA) is 146 Å². The third-order valence-corrected chi connectivity index (χ3v) is 11.6. The van der Waals surface area contributed by atoms with E-state index in [1.165, 1.54) is 46.9 Å². The molecule has 3 N–H and O–H groups in total. The first kappa shape index (κ1) is 34.0. The SMILES string of the molecule is CON=C(C(=O)NC1C(=O)N2C(C(=O)O)=C(Sc3ccccn3)SCC12)c1csc(NC(c2ccccc2)(c2ccccc2)c2ccccc2)n1. The van der Waals surface area contributed by atoms with Crippen LogP contribution in [0.4, 0.5) is 5.13 Å². The van der Waals surface area contributed by atoms with Crippen molar-refractivity contribution in [2.24, 2.45) is 5.16 Å². The number of β-lactam (4-membered cyclic amide) rings is 1. The van der Waals surface area contributed by atoms with Crippen LogP contribution in [0.15, 0.2) is 141 Å². The smallest absolute Gasteiger partial charge is 0.354 e. The number of pyridine rings is 1. The number of rotatable bonds is 12. The molecule has 0 radical (unpaired) electrons. The highest BCUT2D eigenvalue weighted by atomic mass is 32.2. The van der Waals surface area contributed by atoms with Gasteiger partial charge in [0, 0.05) is 17.3 Å². The molecule has 4 heterocycles. The molecule has 7 rings (SSSR count). The minimum atomic E-state index is -1.23. The number of carboxylic acid groups (broad SMARTS) is 1. The van der Waals surface area contributed by atoms with Gasteiger partial charge in [0.25, 0.3) is 11.8 Å². The third-order valence-electron chi connectivity index (χ3n) is 8.42. The lowest BCUT2D eigenvalue weighted by molar-refractivity contribution is -0.153. The van der Waals surface area contributed by atoms with E-state index in [0.29, 0.717) is 20.1 Å². The summed E-state index contributed by atoms with van der Waals surface area (Å²) in [5.74, 6) is -2.05. The summed E-state index contributed by atoms with van der Waals surface area (Å²) >= 11 is 3.80.